The number of rotatable bonds is 3. The number of urea groups is 1. The van der Waals surface area contributed by atoms with Gasteiger partial charge >= 0.3 is 6.03 Å². The zero-order chi connectivity index (χ0) is 17.6. The van der Waals surface area contributed by atoms with Crippen LogP contribution in [0.15, 0.2) is 22.6 Å². The molecule has 0 bridgehead atoms. The van der Waals surface area contributed by atoms with E-state index in [4.69, 9.17) is 27.6 Å². The molecular formula is C16H15Cl2N3O3. The van der Waals surface area contributed by atoms with Crippen LogP contribution in [0.2, 0.25) is 10.0 Å². The van der Waals surface area contributed by atoms with E-state index < -0.39 is 17.5 Å². The summed E-state index contributed by atoms with van der Waals surface area (Å²) in [6, 6.07) is 4.32. The molecule has 2 aromatic rings. The van der Waals surface area contributed by atoms with Gasteiger partial charge in [0.05, 0.1) is 15.7 Å². The van der Waals surface area contributed by atoms with Crippen molar-refractivity contribution in [1.82, 2.24) is 15.2 Å². The topological polar surface area (TPSA) is 75.4 Å². The Morgan fingerprint density at radius 2 is 1.96 bits per heavy atom. The Kier molecular flexibility index (Phi) is 4.05. The van der Waals surface area contributed by atoms with E-state index in [9.17, 15) is 9.59 Å². The number of halogens is 2. The summed E-state index contributed by atoms with van der Waals surface area (Å²) in [5.41, 5.74) is 0.0592. The molecule has 3 rings (SSSR count). The molecular weight excluding hydrogens is 353 g/mol. The Labute approximate surface area is 148 Å². The van der Waals surface area contributed by atoms with Crippen molar-refractivity contribution >= 4 is 35.1 Å². The van der Waals surface area contributed by atoms with Crippen molar-refractivity contribution in [1.29, 1.82) is 0 Å². The molecule has 0 saturated carbocycles. The lowest BCUT2D eigenvalue weighted by atomic mass is 9.92. The molecule has 1 aliphatic rings. The van der Waals surface area contributed by atoms with Gasteiger partial charge in [0.1, 0.15) is 17.8 Å². The highest BCUT2D eigenvalue weighted by Gasteiger charge is 2.49. The Balaban J connectivity index is 1.91. The molecule has 1 saturated heterocycles. The van der Waals surface area contributed by atoms with E-state index in [1.807, 2.05) is 0 Å². The standard InChI is InChI=1S/C16H15Cl2N3O3/c1-8-9(2)24-13(19-8)7-21-14(22)16(3,20-15(21)23)10-4-5-11(17)12(18)6-10/h4-6H,7H2,1-3H3,(H,20,23)/t16-/m0/s1. The van der Waals surface area contributed by atoms with Crippen LogP contribution in [0.3, 0.4) is 0 Å². The lowest BCUT2D eigenvalue weighted by Crippen LogP contribution is -2.40. The first-order valence-electron chi connectivity index (χ1n) is 7.25. The van der Waals surface area contributed by atoms with E-state index in [2.05, 4.69) is 10.3 Å². The average molecular weight is 368 g/mol. The maximum absolute atomic E-state index is 12.8. The SMILES string of the molecule is Cc1nc(CN2C(=O)N[C@@](C)(c3ccc(Cl)c(Cl)c3)C2=O)oc1C. The smallest absolute Gasteiger partial charge is 0.325 e. The van der Waals surface area contributed by atoms with Gasteiger partial charge in [-0.05, 0) is 38.5 Å². The molecule has 3 amide bonds. The van der Waals surface area contributed by atoms with E-state index in [-0.39, 0.29) is 6.54 Å². The molecule has 1 fully saturated rings. The fourth-order valence-electron chi connectivity index (χ4n) is 2.59. The number of hydrogen-bond acceptors (Lipinski definition) is 4. The summed E-state index contributed by atoms with van der Waals surface area (Å²) in [7, 11) is 0. The number of benzene rings is 1. The van der Waals surface area contributed by atoms with Gasteiger partial charge in [-0.15, -0.1) is 0 Å². The van der Waals surface area contributed by atoms with Crippen LogP contribution in [0, 0.1) is 13.8 Å². The van der Waals surface area contributed by atoms with Crippen LogP contribution in [-0.4, -0.2) is 21.8 Å². The predicted molar refractivity (Wildman–Crippen MR) is 88.9 cm³/mol. The molecule has 2 heterocycles. The number of oxazole rings is 1. The highest BCUT2D eigenvalue weighted by atomic mass is 35.5. The summed E-state index contributed by atoms with van der Waals surface area (Å²) in [5.74, 6) is 0.565. The molecule has 0 radical (unpaired) electrons. The van der Waals surface area contributed by atoms with Gasteiger partial charge in [0, 0.05) is 0 Å². The molecule has 1 N–H and O–H groups in total. The maximum Gasteiger partial charge on any atom is 0.325 e. The second kappa shape index (κ2) is 5.79. The average Bonchev–Trinajstić information content (AvgIpc) is 2.94. The largest absolute Gasteiger partial charge is 0.444 e. The third kappa shape index (κ3) is 2.65. The fourth-order valence-corrected chi connectivity index (χ4v) is 2.88. The summed E-state index contributed by atoms with van der Waals surface area (Å²) in [5, 5.41) is 3.39. The first-order valence-corrected chi connectivity index (χ1v) is 8.00. The summed E-state index contributed by atoms with van der Waals surface area (Å²) >= 11 is 11.9. The Morgan fingerprint density at radius 1 is 1.25 bits per heavy atom. The van der Waals surface area contributed by atoms with Crippen LogP contribution < -0.4 is 5.32 Å². The molecule has 1 atom stereocenters. The van der Waals surface area contributed by atoms with E-state index in [1.165, 1.54) is 0 Å². The van der Waals surface area contributed by atoms with Crippen LogP contribution in [-0.2, 0) is 16.9 Å². The summed E-state index contributed by atoms with van der Waals surface area (Å²) in [4.78, 5) is 30.4. The van der Waals surface area contributed by atoms with Crippen LogP contribution in [0.4, 0.5) is 4.79 Å². The van der Waals surface area contributed by atoms with Crippen LogP contribution in [0.25, 0.3) is 0 Å². The molecule has 24 heavy (non-hydrogen) atoms. The second-order valence-corrected chi connectivity index (χ2v) is 6.64. The fraction of sp³-hybridized carbons (Fsp3) is 0.312. The molecule has 0 unspecified atom stereocenters. The Morgan fingerprint density at radius 3 is 2.54 bits per heavy atom. The third-order valence-corrected chi connectivity index (χ3v) is 4.88. The highest BCUT2D eigenvalue weighted by molar-refractivity contribution is 6.42. The summed E-state index contributed by atoms with van der Waals surface area (Å²) < 4.78 is 5.46. The number of hydrogen-bond donors (Lipinski definition) is 1. The van der Waals surface area contributed by atoms with Crippen molar-refractivity contribution in [3.05, 3.63) is 51.2 Å². The minimum Gasteiger partial charge on any atom is -0.444 e. The summed E-state index contributed by atoms with van der Waals surface area (Å²) in [6.45, 7) is 5.17. The van der Waals surface area contributed by atoms with Gasteiger partial charge in [-0.25, -0.2) is 9.78 Å². The molecule has 1 aromatic carbocycles. The number of amides is 3. The lowest BCUT2D eigenvalue weighted by Gasteiger charge is -2.22. The number of nitrogens with zero attached hydrogens (tertiary/aromatic N) is 2. The van der Waals surface area contributed by atoms with Crippen molar-refractivity contribution in [2.45, 2.75) is 32.9 Å². The van der Waals surface area contributed by atoms with Gasteiger partial charge in [-0.2, -0.15) is 0 Å². The van der Waals surface area contributed by atoms with E-state index in [0.717, 1.165) is 10.6 Å². The molecule has 1 aliphatic heterocycles. The molecule has 126 valence electrons. The van der Waals surface area contributed by atoms with E-state index >= 15 is 0 Å². The van der Waals surface area contributed by atoms with Gasteiger partial charge in [-0.3, -0.25) is 9.69 Å². The normalized spacial score (nSPS) is 20.6. The number of nitrogens with one attached hydrogen (secondary N) is 1. The highest BCUT2D eigenvalue weighted by Crippen LogP contribution is 2.33. The molecule has 6 nitrogen and oxygen atoms in total. The summed E-state index contributed by atoms with van der Waals surface area (Å²) in [6.07, 6.45) is 0. The van der Waals surface area contributed by atoms with Crippen molar-refractivity contribution in [2.75, 3.05) is 0 Å². The van der Waals surface area contributed by atoms with Gasteiger partial charge in [0.25, 0.3) is 5.91 Å². The van der Waals surface area contributed by atoms with Crippen LogP contribution in [0.5, 0.6) is 0 Å². The number of carbonyl (C=O) groups excluding carboxylic acids is 2. The van der Waals surface area contributed by atoms with Crippen molar-refractivity contribution in [3.8, 4) is 0 Å². The number of imide groups is 1. The van der Waals surface area contributed by atoms with Gasteiger partial charge < -0.3 is 9.73 Å². The molecule has 1 aromatic heterocycles. The van der Waals surface area contributed by atoms with Gasteiger partial charge in [-0.1, -0.05) is 29.3 Å². The van der Waals surface area contributed by atoms with Crippen molar-refractivity contribution in [3.63, 3.8) is 0 Å². The Bertz CT molecular complexity index is 830. The number of aromatic nitrogens is 1. The van der Waals surface area contributed by atoms with E-state index in [1.54, 1.807) is 39.0 Å². The molecule has 0 spiro atoms. The minimum absolute atomic E-state index is 0.0315. The molecule has 8 heteroatoms. The first kappa shape index (κ1) is 16.8. The quantitative estimate of drug-likeness (QED) is 0.841. The third-order valence-electron chi connectivity index (χ3n) is 4.14. The van der Waals surface area contributed by atoms with Crippen molar-refractivity contribution < 1.29 is 14.0 Å². The first-order chi connectivity index (χ1) is 11.2. The van der Waals surface area contributed by atoms with Crippen LogP contribution in [0.1, 0.15) is 29.8 Å². The lowest BCUT2D eigenvalue weighted by molar-refractivity contribution is -0.131. The minimum atomic E-state index is -1.22. The zero-order valence-electron chi connectivity index (χ0n) is 13.3. The molecule has 0 aliphatic carbocycles. The van der Waals surface area contributed by atoms with Gasteiger partial charge in [0.2, 0.25) is 5.89 Å². The monoisotopic (exact) mass is 367 g/mol. The Hall–Kier alpha value is -2.05. The maximum atomic E-state index is 12.8. The van der Waals surface area contributed by atoms with E-state index in [0.29, 0.717) is 27.3 Å². The predicted octanol–water partition coefficient (Wildman–Crippen LogP) is 3.57. The van der Waals surface area contributed by atoms with Gasteiger partial charge in [0.15, 0.2) is 0 Å². The zero-order valence-corrected chi connectivity index (χ0v) is 14.8. The number of aryl methyl sites for hydroxylation is 2. The second-order valence-electron chi connectivity index (χ2n) is 5.82. The number of carbonyl (C=O) groups is 2. The van der Waals surface area contributed by atoms with Crippen molar-refractivity contribution in [2.24, 2.45) is 0 Å². The van der Waals surface area contributed by atoms with Crippen LogP contribution >= 0.6 is 23.2 Å².